The number of hydrogen-bond acceptors (Lipinski definition) is 6. The summed E-state index contributed by atoms with van der Waals surface area (Å²) in [6.45, 7) is 6.41. The molecular formula is C20H22F2N6O2S. The third-order valence-corrected chi connectivity index (χ3v) is 7.07. The highest BCUT2D eigenvalue weighted by atomic mass is 32.2. The summed E-state index contributed by atoms with van der Waals surface area (Å²) in [5, 5.41) is 4.45. The van der Waals surface area contributed by atoms with Crippen LogP contribution in [0.25, 0.3) is 5.82 Å². The molecule has 31 heavy (non-hydrogen) atoms. The van der Waals surface area contributed by atoms with Gasteiger partial charge in [0.2, 0.25) is 10.0 Å². The van der Waals surface area contributed by atoms with Gasteiger partial charge in [-0.3, -0.25) is 0 Å². The Morgan fingerprint density at radius 3 is 2.10 bits per heavy atom. The molecule has 1 aliphatic rings. The molecule has 1 saturated heterocycles. The molecule has 8 nitrogen and oxygen atoms in total. The van der Waals surface area contributed by atoms with Crippen molar-refractivity contribution < 1.29 is 17.2 Å². The predicted molar refractivity (Wildman–Crippen MR) is 111 cm³/mol. The molecule has 0 N–H and O–H groups in total. The van der Waals surface area contributed by atoms with Crippen LogP contribution in [0.3, 0.4) is 0 Å². The van der Waals surface area contributed by atoms with E-state index in [4.69, 9.17) is 0 Å². The topological polar surface area (TPSA) is 84.2 Å². The number of benzene rings is 1. The molecule has 3 aromatic rings. The second kappa shape index (κ2) is 7.97. The molecule has 1 aromatic carbocycles. The van der Waals surface area contributed by atoms with Crippen molar-refractivity contribution in [3.8, 4) is 5.82 Å². The summed E-state index contributed by atoms with van der Waals surface area (Å²) in [7, 11) is -4.28. The van der Waals surface area contributed by atoms with Crippen LogP contribution in [0.2, 0.25) is 0 Å². The molecule has 0 radical (unpaired) electrons. The van der Waals surface area contributed by atoms with Gasteiger partial charge in [-0.25, -0.2) is 31.8 Å². The number of nitrogens with zero attached hydrogens (tertiary/aromatic N) is 6. The van der Waals surface area contributed by atoms with E-state index in [0.29, 0.717) is 30.5 Å². The fourth-order valence-electron chi connectivity index (χ4n) is 3.68. The van der Waals surface area contributed by atoms with Gasteiger partial charge >= 0.3 is 0 Å². The zero-order valence-electron chi connectivity index (χ0n) is 17.4. The van der Waals surface area contributed by atoms with Crippen LogP contribution in [-0.2, 0) is 10.0 Å². The van der Waals surface area contributed by atoms with Gasteiger partial charge in [0.05, 0.1) is 5.69 Å². The summed E-state index contributed by atoms with van der Waals surface area (Å²) in [6.07, 6.45) is 0. The van der Waals surface area contributed by atoms with Crippen LogP contribution >= 0.6 is 0 Å². The molecule has 11 heteroatoms. The molecule has 0 bridgehead atoms. The Labute approximate surface area is 179 Å². The highest BCUT2D eigenvalue weighted by Gasteiger charge is 2.33. The van der Waals surface area contributed by atoms with Crippen LogP contribution < -0.4 is 4.90 Å². The minimum atomic E-state index is -4.28. The molecule has 1 aliphatic heterocycles. The average Bonchev–Trinajstić information content (AvgIpc) is 3.05. The molecule has 3 heterocycles. The highest BCUT2D eigenvalue weighted by Crippen LogP contribution is 2.25. The Morgan fingerprint density at radius 1 is 0.903 bits per heavy atom. The maximum atomic E-state index is 14.0. The molecule has 0 atom stereocenters. The summed E-state index contributed by atoms with van der Waals surface area (Å²) < 4.78 is 56.5. The Balaban J connectivity index is 1.56. The van der Waals surface area contributed by atoms with Crippen LogP contribution in [0.4, 0.5) is 14.6 Å². The van der Waals surface area contributed by atoms with Gasteiger partial charge < -0.3 is 4.90 Å². The first-order valence-electron chi connectivity index (χ1n) is 9.75. The second-order valence-corrected chi connectivity index (χ2v) is 9.29. The summed E-state index contributed by atoms with van der Waals surface area (Å²) >= 11 is 0. The number of aryl methyl sites for hydroxylation is 3. The molecule has 4 rings (SSSR count). The summed E-state index contributed by atoms with van der Waals surface area (Å²) in [5.41, 5.74) is 1.80. The largest absolute Gasteiger partial charge is 0.354 e. The molecule has 164 valence electrons. The maximum Gasteiger partial charge on any atom is 0.249 e. The first-order chi connectivity index (χ1) is 14.7. The second-order valence-electron chi connectivity index (χ2n) is 7.41. The van der Waals surface area contributed by atoms with Gasteiger partial charge in [-0.2, -0.15) is 9.40 Å². The van der Waals surface area contributed by atoms with Crippen LogP contribution in [0.5, 0.6) is 0 Å². The van der Waals surface area contributed by atoms with E-state index >= 15 is 0 Å². The lowest BCUT2D eigenvalue weighted by Crippen LogP contribution is -2.49. The van der Waals surface area contributed by atoms with E-state index in [2.05, 4.69) is 15.1 Å². The Morgan fingerprint density at radius 2 is 1.52 bits per heavy atom. The SMILES string of the molecule is Cc1cc(C)n(-c2cc(N3CCN(S(=O)(=O)c4c(F)cccc4F)CC3)nc(C)n2)n1. The third kappa shape index (κ3) is 4.02. The number of rotatable bonds is 4. The lowest BCUT2D eigenvalue weighted by atomic mass is 10.3. The van der Waals surface area contributed by atoms with E-state index in [1.54, 1.807) is 17.7 Å². The summed E-state index contributed by atoms with van der Waals surface area (Å²) in [6, 6.07) is 6.77. The summed E-state index contributed by atoms with van der Waals surface area (Å²) in [5.74, 6) is -0.365. The third-order valence-electron chi connectivity index (χ3n) is 5.12. The van der Waals surface area contributed by atoms with E-state index < -0.39 is 26.6 Å². The van der Waals surface area contributed by atoms with Crippen molar-refractivity contribution in [3.63, 3.8) is 0 Å². The van der Waals surface area contributed by atoms with Crippen molar-refractivity contribution in [2.45, 2.75) is 25.7 Å². The van der Waals surface area contributed by atoms with Crippen molar-refractivity contribution in [1.82, 2.24) is 24.1 Å². The molecule has 0 amide bonds. The Hall–Kier alpha value is -2.92. The van der Waals surface area contributed by atoms with Crippen molar-refractivity contribution in [2.75, 3.05) is 31.1 Å². The minimum absolute atomic E-state index is 0.0778. The van der Waals surface area contributed by atoms with Gasteiger partial charge in [0, 0.05) is 37.9 Å². The summed E-state index contributed by atoms with van der Waals surface area (Å²) in [4.78, 5) is 9.95. The number of anilines is 1. The van der Waals surface area contributed by atoms with Crippen molar-refractivity contribution in [1.29, 1.82) is 0 Å². The van der Waals surface area contributed by atoms with Crippen LogP contribution in [0, 0.1) is 32.4 Å². The standard InChI is InChI=1S/C20H22F2N6O2S/c1-13-11-14(2)28(25-13)19-12-18(23-15(3)24-19)26-7-9-27(10-8-26)31(29,30)20-16(21)5-4-6-17(20)22/h4-6,11-12H,7-10H2,1-3H3. The van der Waals surface area contributed by atoms with Gasteiger partial charge in [0.15, 0.2) is 10.7 Å². The quantitative estimate of drug-likeness (QED) is 0.609. The minimum Gasteiger partial charge on any atom is -0.354 e. The van der Waals surface area contributed by atoms with Crippen molar-refractivity contribution >= 4 is 15.8 Å². The predicted octanol–water partition coefficient (Wildman–Crippen LogP) is 2.38. The number of hydrogen-bond donors (Lipinski definition) is 0. The Kier molecular flexibility index (Phi) is 5.48. The van der Waals surface area contributed by atoms with Gasteiger partial charge in [-0.1, -0.05) is 6.07 Å². The molecule has 2 aromatic heterocycles. The lowest BCUT2D eigenvalue weighted by molar-refractivity contribution is 0.377. The van der Waals surface area contributed by atoms with E-state index in [1.165, 1.54) is 0 Å². The van der Waals surface area contributed by atoms with E-state index in [-0.39, 0.29) is 13.1 Å². The number of aromatic nitrogens is 4. The van der Waals surface area contributed by atoms with Crippen LogP contribution in [0.1, 0.15) is 17.2 Å². The number of halogens is 2. The smallest absolute Gasteiger partial charge is 0.249 e. The van der Waals surface area contributed by atoms with Crippen molar-refractivity contribution in [2.24, 2.45) is 0 Å². The maximum absolute atomic E-state index is 14.0. The zero-order valence-corrected chi connectivity index (χ0v) is 18.2. The van der Waals surface area contributed by atoms with E-state index in [0.717, 1.165) is 33.9 Å². The monoisotopic (exact) mass is 448 g/mol. The highest BCUT2D eigenvalue weighted by molar-refractivity contribution is 7.89. The molecule has 1 fully saturated rings. The van der Waals surface area contributed by atoms with Gasteiger partial charge in [-0.15, -0.1) is 0 Å². The number of piperazine rings is 1. The fourth-order valence-corrected chi connectivity index (χ4v) is 5.21. The Bertz CT molecular complexity index is 1220. The first-order valence-corrected chi connectivity index (χ1v) is 11.2. The van der Waals surface area contributed by atoms with Gasteiger partial charge in [-0.05, 0) is 39.0 Å². The fraction of sp³-hybridized carbons (Fsp3) is 0.350. The molecule has 0 spiro atoms. The normalized spacial score (nSPS) is 15.5. The van der Waals surface area contributed by atoms with Crippen molar-refractivity contribution in [3.05, 3.63) is 59.2 Å². The van der Waals surface area contributed by atoms with Crippen LogP contribution in [0.15, 0.2) is 35.2 Å². The van der Waals surface area contributed by atoms with Crippen LogP contribution in [-0.4, -0.2) is 58.7 Å². The zero-order chi connectivity index (χ0) is 22.3. The molecule has 0 saturated carbocycles. The van der Waals surface area contributed by atoms with Gasteiger partial charge in [0.1, 0.15) is 23.3 Å². The number of sulfonamides is 1. The molecule has 0 aliphatic carbocycles. The first kappa shape index (κ1) is 21.3. The van der Waals surface area contributed by atoms with E-state index in [1.807, 2.05) is 24.8 Å². The molecule has 0 unspecified atom stereocenters. The lowest BCUT2D eigenvalue weighted by Gasteiger charge is -2.34. The molecular weight excluding hydrogens is 426 g/mol. The van der Waals surface area contributed by atoms with E-state index in [9.17, 15) is 17.2 Å². The average molecular weight is 448 g/mol. The van der Waals surface area contributed by atoms with Gasteiger partial charge in [0.25, 0.3) is 0 Å².